The van der Waals surface area contributed by atoms with Crippen molar-refractivity contribution in [2.24, 2.45) is 5.41 Å². The zero-order valence-electron chi connectivity index (χ0n) is 13.9. The second kappa shape index (κ2) is 8.14. The van der Waals surface area contributed by atoms with E-state index in [4.69, 9.17) is 0 Å². The van der Waals surface area contributed by atoms with E-state index >= 15 is 0 Å². The maximum Gasteiger partial charge on any atom is 0.227 e. The van der Waals surface area contributed by atoms with E-state index in [1.54, 1.807) is 0 Å². The van der Waals surface area contributed by atoms with Crippen molar-refractivity contribution in [3.05, 3.63) is 0 Å². The van der Waals surface area contributed by atoms with Gasteiger partial charge in [-0.1, -0.05) is 19.8 Å². The number of nitrogens with zero attached hydrogens (tertiary/aromatic N) is 1. The highest BCUT2D eigenvalue weighted by molar-refractivity contribution is 5.83. The molecule has 2 fully saturated rings. The molecule has 2 heterocycles. The Morgan fingerprint density at radius 1 is 1.43 bits per heavy atom. The summed E-state index contributed by atoms with van der Waals surface area (Å²) in [6.45, 7) is 9.53. The largest absolute Gasteiger partial charge is 0.356 e. The standard InChI is InChI=1S/C17H33N3O/c1-3-8-17(9-11-18-14-17)16(21)19-10-6-13-20-12-5-4-7-15(20)2/h15,18H,3-14H2,1-2H3,(H,19,21). The van der Waals surface area contributed by atoms with Gasteiger partial charge in [-0.05, 0) is 52.1 Å². The Balaban J connectivity index is 1.68. The molecular weight excluding hydrogens is 262 g/mol. The second-order valence-corrected chi connectivity index (χ2v) is 6.95. The van der Waals surface area contributed by atoms with Crippen molar-refractivity contribution in [1.82, 2.24) is 15.5 Å². The zero-order chi connectivity index (χ0) is 15.1. The fourth-order valence-electron chi connectivity index (χ4n) is 3.90. The van der Waals surface area contributed by atoms with Gasteiger partial charge in [0.05, 0.1) is 5.41 Å². The van der Waals surface area contributed by atoms with Gasteiger partial charge in [0.1, 0.15) is 0 Å². The summed E-state index contributed by atoms with van der Waals surface area (Å²) in [5.41, 5.74) is -0.132. The molecule has 0 saturated carbocycles. The van der Waals surface area contributed by atoms with Crippen LogP contribution < -0.4 is 10.6 Å². The normalized spacial score (nSPS) is 30.5. The van der Waals surface area contributed by atoms with Crippen LogP contribution in [0.15, 0.2) is 0 Å². The summed E-state index contributed by atoms with van der Waals surface area (Å²) in [5, 5.41) is 6.56. The first-order valence-corrected chi connectivity index (χ1v) is 8.91. The van der Waals surface area contributed by atoms with Crippen LogP contribution in [0, 0.1) is 5.41 Å². The minimum atomic E-state index is -0.132. The number of likely N-dealkylation sites (tertiary alicyclic amines) is 1. The van der Waals surface area contributed by atoms with Crippen LogP contribution >= 0.6 is 0 Å². The zero-order valence-corrected chi connectivity index (χ0v) is 13.9. The van der Waals surface area contributed by atoms with Gasteiger partial charge in [0.15, 0.2) is 0 Å². The number of hydrogen-bond acceptors (Lipinski definition) is 3. The third kappa shape index (κ3) is 4.43. The van der Waals surface area contributed by atoms with Gasteiger partial charge in [-0.15, -0.1) is 0 Å². The Kier molecular flexibility index (Phi) is 6.49. The molecule has 122 valence electrons. The van der Waals surface area contributed by atoms with Crippen LogP contribution in [-0.2, 0) is 4.79 Å². The topological polar surface area (TPSA) is 44.4 Å². The molecule has 21 heavy (non-hydrogen) atoms. The molecule has 0 aromatic heterocycles. The molecule has 2 saturated heterocycles. The van der Waals surface area contributed by atoms with Crippen LogP contribution in [0.5, 0.6) is 0 Å². The predicted molar refractivity (Wildman–Crippen MR) is 87.3 cm³/mol. The molecule has 2 unspecified atom stereocenters. The minimum Gasteiger partial charge on any atom is -0.356 e. The quantitative estimate of drug-likeness (QED) is 0.707. The van der Waals surface area contributed by atoms with Crippen molar-refractivity contribution in [2.45, 2.75) is 64.8 Å². The lowest BCUT2D eigenvalue weighted by Crippen LogP contribution is -2.44. The van der Waals surface area contributed by atoms with Crippen LogP contribution in [0.1, 0.15) is 58.8 Å². The third-order valence-electron chi connectivity index (χ3n) is 5.30. The molecule has 0 spiro atoms. The molecule has 0 aromatic carbocycles. The lowest BCUT2D eigenvalue weighted by Gasteiger charge is -2.33. The molecule has 0 radical (unpaired) electrons. The number of amides is 1. The van der Waals surface area contributed by atoms with Gasteiger partial charge in [-0.2, -0.15) is 0 Å². The van der Waals surface area contributed by atoms with Gasteiger partial charge in [0, 0.05) is 25.7 Å². The first kappa shape index (κ1) is 16.8. The summed E-state index contributed by atoms with van der Waals surface area (Å²) >= 11 is 0. The van der Waals surface area contributed by atoms with Gasteiger partial charge in [-0.3, -0.25) is 4.79 Å². The van der Waals surface area contributed by atoms with Crippen molar-refractivity contribution in [2.75, 3.05) is 32.7 Å². The van der Waals surface area contributed by atoms with E-state index in [9.17, 15) is 4.79 Å². The maximum absolute atomic E-state index is 12.5. The summed E-state index contributed by atoms with van der Waals surface area (Å²) in [6, 6.07) is 0.722. The minimum absolute atomic E-state index is 0.132. The fourth-order valence-corrected chi connectivity index (χ4v) is 3.90. The van der Waals surface area contributed by atoms with E-state index in [1.807, 2.05) is 0 Å². The average molecular weight is 295 g/mol. The van der Waals surface area contributed by atoms with E-state index in [0.29, 0.717) is 0 Å². The SMILES string of the molecule is CCCC1(C(=O)NCCCN2CCCCC2C)CCNC1. The monoisotopic (exact) mass is 295 g/mol. The molecule has 2 atom stereocenters. The molecule has 2 N–H and O–H groups in total. The number of nitrogens with one attached hydrogen (secondary N) is 2. The van der Waals surface area contributed by atoms with Crippen LogP contribution in [0.2, 0.25) is 0 Å². The summed E-state index contributed by atoms with van der Waals surface area (Å²) < 4.78 is 0. The number of hydrogen-bond donors (Lipinski definition) is 2. The van der Waals surface area contributed by atoms with Crippen LogP contribution in [0.25, 0.3) is 0 Å². The lowest BCUT2D eigenvalue weighted by molar-refractivity contribution is -0.130. The Hall–Kier alpha value is -0.610. The highest BCUT2D eigenvalue weighted by Gasteiger charge is 2.39. The molecule has 4 heteroatoms. The molecule has 0 aliphatic carbocycles. The van der Waals surface area contributed by atoms with E-state index in [1.165, 1.54) is 25.8 Å². The third-order valence-corrected chi connectivity index (χ3v) is 5.30. The molecule has 2 aliphatic heterocycles. The fraction of sp³-hybridized carbons (Fsp3) is 0.941. The Bertz CT molecular complexity index is 326. The van der Waals surface area contributed by atoms with Crippen molar-refractivity contribution in [3.63, 3.8) is 0 Å². The molecule has 4 nitrogen and oxygen atoms in total. The smallest absolute Gasteiger partial charge is 0.227 e. The molecular formula is C17H33N3O. The summed E-state index contributed by atoms with van der Waals surface area (Å²) in [6.07, 6.45) is 8.21. The number of carbonyl (C=O) groups excluding carboxylic acids is 1. The van der Waals surface area contributed by atoms with E-state index in [0.717, 1.165) is 57.9 Å². The van der Waals surface area contributed by atoms with Crippen molar-refractivity contribution >= 4 is 5.91 Å². The lowest BCUT2D eigenvalue weighted by atomic mass is 9.81. The van der Waals surface area contributed by atoms with Crippen LogP contribution in [-0.4, -0.2) is 49.6 Å². The maximum atomic E-state index is 12.5. The molecule has 0 bridgehead atoms. The Labute approximate surface area is 130 Å². The van der Waals surface area contributed by atoms with Gasteiger partial charge < -0.3 is 15.5 Å². The van der Waals surface area contributed by atoms with Crippen LogP contribution in [0.4, 0.5) is 0 Å². The Morgan fingerprint density at radius 2 is 2.29 bits per heavy atom. The van der Waals surface area contributed by atoms with Crippen molar-refractivity contribution in [3.8, 4) is 0 Å². The van der Waals surface area contributed by atoms with Gasteiger partial charge in [-0.25, -0.2) is 0 Å². The predicted octanol–water partition coefficient (Wildman–Crippen LogP) is 2.15. The van der Waals surface area contributed by atoms with Gasteiger partial charge in [0.25, 0.3) is 0 Å². The number of carbonyl (C=O) groups is 1. The van der Waals surface area contributed by atoms with E-state index in [-0.39, 0.29) is 11.3 Å². The average Bonchev–Trinajstić information content (AvgIpc) is 2.95. The molecule has 2 rings (SSSR count). The van der Waals surface area contributed by atoms with E-state index in [2.05, 4.69) is 29.4 Å². The van der Waals surface area contributed by atoms with Crippen LogP contribution in [0.3, 0.4) is 0 Å². The molecule has 0 aromatic rings. The van der Waals surface area contributed by atoms with Gasteiger partial charge in [0.2, 0.25) is 5.91 Å². The number of rotatable bonds is 7. The van der Waals surface area contributed by atoms with E-state index < -0.39 is 0 Å². The molecule has 1 amide bonds. The second-order valence-electron chi connectivity index (χ2n) is 6.95. The van der Waals surface area contributed by atoms with Crippen molar-refractivity contribution < 1.29 is 4.79 Å². The highest BCUT2D eigenvalue weighted by atomic mass is 16.2. The summed E-state index contributed by atoms with van der Waals surface area (Å²) in [5.74, 6) is 0.279. The summed E-state index contributed by atoms with van der Waals surface area (Å²) in [4.78, 5) is 15.1. The first-order chi connectivity index (χ1) is 10.2. The Morgan fingerprint density at radius 3 is 2.95 bits per heavy atom. The first-order valence-electron chi connectivity index (χ1n) is 8.91. The van der Waals surface area contributed by atoms with Crippen molar-refractivity contribution in [1.29, 1.82) is 0 Å². The number of piperidine rings is 1. The molecule has 2 aliphatic rings. The highest BCUT2D eigenvalue weighted by Crippen LogP contribution is 2.31. The summed E-state index contributed by atoms with van der Waals surface area (Å²) in [7, 11) is 0. The van der Waals surface area contributed by atoms with Gasteiger partial charge >= 0.3 is 0 Å².